The van der Waals surface area contributed by atoms with Gasteiger partial charge in [-0.3, -0.25) is 9.59 Å². The Morgan fingerprint density at radius 2 is 1.95 bits per heavy atom. The first kappa shape index (κ1) is 16.0. The van der Waals surface area contributed by atoms with Gasteiger partial charge in [-0.1, -0.05) is 26.0 Å². The highest BCUT2D eigenvalue weighted by Crippen LogP contribution is 2.21. The SMILES string of the molecule is Cc1cccc(C(=O)NCC(CC(C)C)C(=O)O)c1O. The van der Waals surface area contributed by atoms with Crippen molar-refractivity contribution in [3.63, 3.8) is 0 Å². The van der Waals surface area contributed by atoms with E-state index in [2.05, 4.69) is 5.32 Å². The zero-order valence-corrected chi connectivity index (χ0v) is 12.0. The highest BCUT2D eigenvalue weighted by atomic mass is 16.4. The fraction of sp³-hybridized carbons (Fsp3) is 0.467. The van der Waals surface area contributed by atoms with Crippen molar-refractivity contribution in [2.24, 2.45) is 11.8 Å². The Morgan fingerprint density at radius 3 is 2.50 bits per heavy atom. The van der Waals surface area contributed by atoms with Crippen LogP contribution in [0.3, 0.4) is 0 Å². The van der Waals surface area contributed by atoms with Crippen molar-refractivity contribution >= 4 is 11.9 Å². The molecule has 20 heavy (non-hydrogen) atoms. The second-order valence-electron chi connectivity index (χ2n) is 5.35. The molecule has 0 saturated heterocycles. The number of aryl methyl sites for hydroxylation is 1. The third-order valence-corrected chi connectivity index (χ3v) is 3.10. The van der Waals surface area contributed by atoms with Crippen LogP contribution >= 0.6 is 0 Å². The van der Waals surface area contributed by atoms with Crippen molar-refractivity contribution in [1.29, 1.82) is 0 Å². The lowest BCUT2D eigenvalue weighted by atomic mass is 9.97. The number of phenolic OH excluding ortho intramolecular Hbond substituents is 1. The summed E-state index contributed by atoms with van der Waals surface area (Å²) in [7, 11) is 0. The first-order valence-corrected chi connectivity index (χ1v) is 6.62. The summed E-state index contributed by atoms with van der Waals surface area (Å²) in [6.45, 7) is 5.62. The molecule has 110 valence electrons. The average Bonchev–Trinajstić information content (AvgIpc) is 2.36. The summed E-state index contributed by atoms with van der Waals surface area (Å²) in [5.74, 6) is -1.83. The summed E-state index contributed by atoms with van der Waals surface area (Å²) >= 11 is 0. The van der Waals surface area contributed by atoms with Crippen LogP contribution in [-0.2, 0) is 4.79 Å². The van der Waals surface area contributed by atoms with Crippen LogP contribution in [0.1, 0.15) is 36.2 Å². The first-order chi connectivity index (χ1) is 9.32. The maximum absolute atomic E-state index is 12.0. The molecule has 1 aromatic rings. The molecule has 1 aromatic carbocycles. The number of carbonyl (C=O) groups is 2. The second kappa shape index (κ2) is 6.93. The molecule has 0 radical (unpaired) electrons. The molecular weight excluding hydrogens is 258 g/mol. The van der Waals surface area contributed by atoms with Gasteiger partial charge in [-0.15, -0.1) is 0 Å². The van der Waals surface area contributed by atoms with Gasteiger partial charge in [0.05, 0.1) is 11.5 Å². The van der Waals surface area contributed by atoms with Crippen LogP contribution in [0.25, 0.3) is 0 Å². The van der Waals surface area contributed by atoms with Crippen LogP contribution in [0.4, 0.5) is 0 Å². The Kier molecular flexibility index (Phi) is 5.55. The number of hydrogen-bond acceptors (Lipinski definition) is 3. The van der Waals surface area contributed by atoms with Gasteiger partial charge < -0.3 is 15.5 Å². The fourth-order valence-electron chi connectivity index (χ4n) is 1.99. The fourth-order valence-corrected chi connectivity index (χ4v) is 1.99. The van der Waals surface area contributed by atoms with E-state index in [1.165, 1.54) is 6.07 Å². The summed E-state index contributed by atoms with van der Waals surface area (Å²) in [6, 6.07) is 4.88. The quantitative estimate of drug-likeness (QED) is 0.745. The van der Waals surface area contributed by atoms with Gasteiger partial charge in [-0.2, -0.15) is 0 Å². The third-order valence-electron chi connectivity index (χ3n) is 3.10. The normalized spacial score (nSPS) is 12.2. The Balaban J connectivity index is 2.70. The largest absolute Gasteiger partial charge is 0.507 e. The van der Waals surface area contributed by atoms with Crippen molar-refractivity contribution < 1.29 is 19.8 Å². The van der Waals surface area contributed by atoms with Crippen LogP contribution < -0.4 is 5.32 Å². The Hall–Kier alpha value is -2.04. The minimum absolute atomic E-state index is 0.0553. The molecule has 5 heteroatoms. The third kappa shape index (κ3) is 4.26. The number of benzene rings is 1. The molecule has 1 unspecified atom stereocenters. The molecule has 5 nitrogen and oxygen atoms in total. The topological polar surface area (TPSA) is 86.6 Å². The van der Waals surface area contributed by atoms with Crippen LogP contribution in [0, 0.1) is 18.8 Å². The Bertz CT molecular complexity index is 497. The van der Waals surface area contributed by atoms with Crippen molar-refractivity contribution in [2.75, 3.05) is 6.54 Å². The van der Waals surface area contributed by atoms with E-state index in [1.54, 1.807) is 19.1 Å². The van der Waals surface area contributed by atoms with Gasteiger partial charge in [0, 0.05) is 6.54 Å². The zero-order chi connectivity index (χ0) is 15.3. The summed E-state index contributed by atoms with van der Waals surface area (Å²) in [4.78, 5) is 23.1. The molecule has 0 spiro atoms. The maximum atomic E-state index is 12.0. The number of carboxylic acid groups (broad SMARTS) is 1. The van der Waals surface area contributed by atoms with Gasteiger partial charge in [0.25, 0.3) is 5.91 Å². The van der Waals surface area contributed by atoms with Gasteiger partial charge in [0.1, 0.15) is 5.75 Å². The van der Waals surface area contributed by atoms with E-state index in [9.17, 15) is 14.7 Å². The highest BCUT2D eigenvalue weighted by Gasteiger charge is 2.21. The molecule has 0 aliphatic heterocycles. The first-order valence-electron chi connectivity index (χ1n) is 6.62. The van der Waals surface area contributed by atoms with E-state index < -0.39 is 17.8 Å². The van der Waals surface area contributed by atoms with Gasteiger partial charge >= 0.3 is 5.97 Å². The molecule has 1 atom stereocenters. The summed E-state index contributed by atoms with van der Waals surface area (Å²) < 4.78 is 0. The average molecular weight is 279 g/mol. The molecule has 0 saturated carbocycles. The number of para-hydroxylation sites is 1. The van der Waals surface area contributed by atoms with Gasteiger partial charge in [0.2, 0.25) is 0 Å². The van der Waals surface area contributed by atoms with Crippen molar-refractivity contribution in [3.05, 3.63) is 29.3 Å². The molecule has 0 aliphatic rings. The predicted molar refractivity (Wildman–Crippen MR) is 75.8 cm³/mol. The summed E-state index contributed by atoms with van der Waals surface area (Å²) in [5.41, 5.74) is 0.772. The van der Waals surface area contributed by atoms with Crippen molar-refractivity contribution in [1.82, 2.24) is 5.32 Å². The van der Waals surface area contributed by atoms with Gasteiger partial charge in [-0.05, 0) is 30.9 Å². The summed E-state index contributed by atoms with van der Waals surface area (Å²) in [5, 5.41) is 21.5. The van der Waals surface area contributed by atoms with Crippen LogP contribution in [0.2, 0.25) is 0 Å². The number of rotatable bonds is 6. The smallest absolute Gasteiger partial charge is 0.308 e. The second-order valence-corrected chi connectivity index (χ2v) is 5.35. The van der Waals surface area contributed by atoms with Crippen LogP contribution in [-0.4, -0.2) is 28.6 Å². The molecule has 0 aromatic heterocycles. The lowest BCUT2D eigenvalue weighted by Crippen LogP contribution is -2.33. The minimum atomic E-state index is -0.924. The number of hydrogen-bond donors (Lipinski definition) is 3. The molecular formula is C15H21NO4. The molecule has 0 aliphatic carbocycles. The number of carboxylic acids is 1. The number of carbonyl (C=O) groups excluding carboxylic acids is 1. The summed E-state index contributed by atoms with van der Waals surface area (Å²) in [6.07, 6.45) is 0.495. The van der Waals surface area contributed by atoms with Crippen molar-refractivity contribution in [3.8, 4) is 5.75 Å². The number of nitrogens with one attached hydrogen (secondary N) is 1. The number of phenols is 1. The molecule has 1 rings (SSSR count). The van der Waals surface area contributed by atoms with Gasteiger partial charge in [-0.25, -0.2) is 0 Å². The number of aliphatic carboxylic acids is 1. The monoisotopic (exact) mass is 279 g/mol. The zero-order valence-electron chi connectivity index (χ0n) is 12.0. The van der Waals surface area contributed by atoms with E-state index in [-0.39, 0.29) is 23.8 Å². The Labute approximate surface area is 118 Å². The van der Waals surface area contributed by atoms with E-state index >= 15 is 0 Å². The van der Waals surface area contributed by atoms with E-state index in [4.69, 9.17) is 5.11 Å². The Morgan fingerprint density at radius 1 is 1.30 bits per heavy atom. The lowest BCUT2D eigenvalue weighted by Gasteiger charge is -2.16. The van der Waals surface area contributed by atoms with Gasteiger partial charge in [0.15, 0.2) is 0 Å². The molecule has 0 fully saturated rings. The lowest BCUT2D eigenvalue weighted by molar-refractivity contribution is -0.142. The molecule has 1 amide bonds. The predicted octanol–water partition coefficient (Wildman–Crippen LogP) is 2.18. The number of aromatic hydroxyl groups is 1. The van der Waals surface area contributed by atoms with E-state index in [1.807, 2.05) is 13.8 Å². The van der Waals surface area contributed by atoms with E-state index in [0.717, 1.165) is 0 Å². The standard InChI is InChI=1S/C15H21NO4/c1-9(2)7-11(15(19)20)8-16-14(18)12-6-4-5-10(3)13(12)17/h4-6,9,11,17H,7-8H2,1-3H3,(H,16,18)(H,19,20). The van der Waals surface area contributed by atoms with E-state index in [0.29, 0.717) is 12.0 Å². The van der Waals surface area contributed by atoms with Crippen molar-refractivity contribution in [2.45, 2.75) is 27.2 Å². The van der Waals surface area contributed by atoms with Crippen LogP contribution in [0.5, 0.6) is 5.75 Å². The molecule has 3 N–H and O–H groups in total. The molecule has 0 bridgehead atoms. The maximum Gasteiger partial charge on any atom is 0.308 e. The van der Waals surface area contributed by atoms with Crippen LogP contribution in [0.15, 0.2) is 18.2 Å². The highest BCUT2D eigenvalue weighted by molar-refractivity contribution is 5.97. The number of amides is 1. The molecule has 0 heterocycles. The minimum Gasteiger partial charge on any atom is -0.507 e.